The van der Waals surface area contributed by atoms with Gasteiger partial charge in [0.15, 0.2) is 5.03 Å². The normalized spacial score (nSPS) is 12.2. The predicted molar refractivity (Wildman–Crippen MR) is 73.6 cm³/mol. The quantitative estimate of drug-likeness (QED) is 0.744. The Labute approximate surface area is 117 Å². The van der Waals surface area contributed by atoms with E-state index in [4.69, 9.17) is 4.55 Å². The fourth-order valence-electron chi connectivity index (χ4n) is 1.76. The van der Waals surface area contributed by atoms with Gasteiger partial charge < -0.3 is 4.55 Å². The number of nitrogens with zero attached hydrogens (tertiary/aromatic N) is 4. The zero-order valence-corrected chi connectivity index (χ0v) is 11.1. The van der Waals surface area contributed by atoms with Gasteiger partial charge in [-0.25, -0.2) is 13.9 Å². The second kappa shape index (κ2) is 5.32. The van der Waals surface area contributed by atoms with Crippen LogP contribution >= 0.6 is 0 Å². The fourth-order valence-corrected chi connectivity index (χ4v) is 2.13. The molecule has 1 N–H and O–H groups in total. The molecule has 3 aromatic heterocycles. The Bertz CT molecular complexity index is 758. The summed E-state index contributed by atoms with van der Waals surface area (Å²) in [5, 5.41) is 4.36. The van der Waals surface area contributed by atoms with Crippen molar-refractivity contribution in [1.29, 1.82) is 0 Å². The second-order valence-corrected chi connectivity index (χ2v) is 4.91. The highest BCUT2D eigenvalue weighted by molar-refractivity contribution is 7.79. The molecule has 6 nitrogen and oxygen atoms in total. The number of aromatic nitrogens is 4. The van der Waals surface area contributed by atoms with Gasteiger partial charge >= 0.3 is 0 Å². The maximum absolute atomic E-state index is 11.0. The molecule has 3 rings (SSSR count). The van der Waals surface area contributed by atoms with Crippen molar-refractivity contribution in [1.82, 2.24) is 19.7 Å². The average molecular weight is 286 g/mol. The molecule has 1 unspecified atom stereocenters. The average Bonchev–Trinajstić information content (AvgIpc) is 2.98. The topological polar surface area (TPSA) is 80.9 Å². The van der Waals surface area contributed by atoms with Crippen LogP contribution in [0, 0.1) is 0 Å². The standard InChI is InChI=1S/C13H10N4O2S/c18-20(19)13-5-1-4-12(16-13)10-7-15-17(9-10)11-3-2-6-14-8-11/h1-9H,(H,18,19). The van der Waals surface area contributed by atoms with Gasteiger partial charge in [-0.3, -0.25) is 4.98 Å². The third-order valence-electron chi connectivity index (χ3n) is 2.69. The molecule has 7 heteroatoms. The van der Waals surface area contributed by atoms with E-state index >= 15 is 0 Å². The predicted octanol–water partition coefficient (Wildman–Crippen LogP) is 1.91. The largest absolute Gasteiger partial charge is 0.301 e. The molecule has 100 valence electrons. The molecule has 0 aliphatic rings. The van der Waals surface area contributed by atoms with Gasteiger partial charge in [0.1, 0.15) is 0 Å². The molecule has 0 spiro atoms. The minimum Gasteiger partial charge on any atom is -0.301 e. The first kappa shape index (κ1) is 12.6. The molecule has 20 heavy (non-hydrogen) atoms. The van der Waals surface area contributed by atoms with E-state index < -0.39 is 11.1 Å². The zero-order valence-electron chi connectivity index (χ0n) is 10.2. The third-order valence-corrected chi connectivity index (χ3v) is 3.28. The summed E-state index contributed by atoms with van der Waals surface area (Å²) < 4.78 is 21.8. The molecule has 1 atom stereocenters. The Morgan fingerprint density at radius 3 is 2.80 bits per heavy atom. The van der Waals surface area contributed by atoms with Gasteiger partial charge in [-0.05, 0) is 24.3 Å². The van der Waals surface area contributed by atoms with Crippen molar-refractivity contribution in [3.63, 3.8) is 0 Å². The number of rotatable bonds is 3. The van der Waals surface area contributed by atoms with E-state index in [9.17, 15) is 4.21 Å². The van der Waals surface area contributed by atoms with Crippen LogP contribution in [0.2, 0.25) is 0 Å². The Hall–Kier alpha value is -2.38. The minimum absolute atomic E-state index is 0.122. The molecule has 0 aromatic carbocycles. The van der Waals surface area contributed by atoms with Crippen LogP contribution in [-0.2, 0) is 11.1 Å². The Balaban J connectivity index is 1.98. The lowest BCUT2D eigenvalue weighted by atomic mass is 10.2. The van der Waals surface area contributed by atoms with Crippen LogP contribution in [0.4, 0.5) is 0 Å². The lowest BCUT2D eigenvalue weighted by Gasteiger charge is -2.00. The third kappa shape index (κ3) is 2.49. The maximum atomic E-state index is 11.0. The molecule has 3 aromatic rings. The SMILES string of the molecule is O=S(O)c1cccc(-c2cnn(-c3cccnc3)c2)n1. The van der Waals surface area contributed by atoms with Crippen LogP contribution in [-0.4, -0.2) is 28.5 Å². The van der Waals surface area contributed by atoms with Crippen molar-refractivity contribution < 1.29 is 8.76 Å². The molecular formula is C13H10N4O2S. The smallest absolute Gasteiger partial charge is 0.205 e. The Morgan fingerprint density at radius 1 is 1.15 bits per heavy atom. The molecular weight excluding hydrogens is 276 g/mol. The number of hydrogen-bond acceptors (Lipinski definition) is 4. The molecule has 0 aliphatic carbocycles. The molecule has 0 fully saturated rings. The first-order chi connectivity index (χ1) is 9.74. The van der Waals surface area contributed by atoms with Gasteiger partial charge in [0.25, 0.3) is 0 Å². The summed E-state index contributed by atoms with van der Waals surface area (Å²) >= 11 is -2.09. The summed E-state index contributed by atoms with van der Waals surface area (Å²) in [6, 6.07) is 8.67. The summed E-state index contributed by atoms with van der Waals surface area (Å²) in [6.45, 7) is 0. The molecule has 3 heterocycles. The summed E-state index contributed by atoms with van der Waals surface area (Å²) in [4.78, 5) is 8.16. The van der Waals surface area contributed by atoms with Gasteiger partial charge in [-0.15, -0.1) is 0 Å². The van der Waals surface area contributed by atoms with Crippen molar-refractivity contribution in [3.05, 3.63) is 55.1 Å². The summed E-state index contributed by atoms with van der Waals surface area (Å²) in [6.07, 6.45) is 6.84. The van der Waals surface area contributed by atoms with Gasteiger partial charge in [0.05, 0.1) is 23.8 Å². The van der Waals surface area contributed by atoms with E-state index in [1.54, 1.807) is 41.6 Å². The molecule has 0 amide bonds. The highest BCUT2D eigenvalue weighted by Crippen LogP contribution is 2.18. The van der Waals surface area contributed by atoms with Crippen LogP contribution in [0.3, 0.4) is 0 Å². The summed E-state index contributed by atoms with van der Waals surface area (Å²) in [5.74, 6) is 0. The first-order valence-electron chi connectivity index (χ1n) is 5.77. The molecule has 0 bridgehead atoms. The van der Waals surface area contributed by atoms with Gasteiger partial charge in [-0.2, -0.15) is 5.10 Å². The Kier molecular flexibility index (Phi) is 3.36. The van der Waals surface area contributed by atoms with E-state index in [0.717, 1.165) is 11.3 Å². The monoisotopic (exact) mass is 286 g/mol. The van der Waals surface area contributed by atoms with Crippen molar-refractivity contribution in [2.45, 2.75) is 5.03 Å². The van der Waals surface area contributed by atoms with E-state index in [0.29, 0.717) is 5.69 Å². The molecule has 0 radical (unpaired) electrons. The van der Waals surface area contributed by atoms with Crippen molar-refractivity contribution in [2.24, 2.45) is 0 Å². The highest BCUT2D eigenvalue weighted by atomic mass is 32.2. The summed E-state index contributed by atoms with van der Waals surface area (Å²) in [7, 11) is 0. The molecule has 0 saturated heterocycles. The number of pyridine rings is 2. The van der Waals surface area contributed by atoms with Crippen LogP contribution < -0.4 is 0 Å². The Morgan fingerprint density at radius 2 is 2.05 bits per heavy atom. The van der Waals surface area contributed by atoms with E-state index in [1.165, 1.54) is 6.07 Å². The van der Waals surface area contributed by atoms with E-state index in [1.807, 2.05) is 12.1 Å². The van der Waals surface area contributed by atoms with Crippen molar-refractivity contribution in [2.75, 3.05) is 0 Å². The molecule has 0 saturated carbocycles. The van der Waals surface area contributed by atoms with Gasteiger partial charge in [0, 0.05) is 18.0 Å². The van der Waals surface area contributed by atoms with Crippen LogP contribution in [0.5, 0.6) is 0 Å². The minimum atomic E-state index is -2.09. The van der Waals surface area contributed by atoms with Crippen molar-refractivity contribution in [3.8, 4) is 16.9 Å². The summed E-state index contributed by atoms with van der Waals surface area (Å²) in [5.41, 5.74) is 2.20. The van der Waals surface area contributed by atoms with Crippen molar-refractivity contribution >= 4 is 11.1 Å². The lowest BCUT2D eigenvalue weighted by Crippen LogP contribution is -1.94. The maximum Gasteiger partial charge on any atom is 0.205 e. The molecule has 0 aliphatic heterocycles. The highest BCUT2D eigenvalue weighted by Gasteiger charge is 2.07. The van der Waals surface area contributed by atoms with Gasteiger partial charge in [-0.1, -0.05) is 6.07 Å². The lowest BCUT2D eigenvalue weighted by molar-refractivity contribution is 0.560. The zero-order chi connectivity index (χ0) is 13.9. The van der Waals surface area contributed by atoms with E-state index in [-0.39, 0.29) is 5.03 Å². The number of hydrogen-bond donors (Lipinski definition) is 1. The first-order valence-corrected chi connectivity index (χ1v) is 6.88. The second-order valence-electron chi connectivity index (χ2n) is 4.00. The fraction of sp³-hybridized carbons (Fsp3) is 0. The van der Waals surface area contributed by atoms with Gasteiger partial charge in [0.2, 0.25) is 11.1 Å². The van der Waals surface area contributed by atoms with Crippen LogP contribution in [0.1, 0.15) is 0 Å². The van der Waals surface area contributed by atoms with Crippen LogP contribution in [0.25, 0.3) is 16.9 Å². The van der Waals surface area contributed by atoms with E-state index in [2.05, 4.69) is 15.1 Å². The van der Waals surface area contributed by atoms with Crippen LogP contribution in [0.15, 0.2) is 60.1 Å².